The first-order valence-electron chi connectivity index (χ1n) is 4.23. The highest BCUT2D eigenvalue weighted by molar-refractivity contribution is 5.79. The zero-order valence-corrected chi connectivity index (χ0v) is 7.52. The second-order valence-electron chi connectivity index (χ2n) is 3.03. The molecule has 1 heterocycles. The second kappa shape index (κ2) is 4.23. The van der Waals surface area contributed by atoms with Gasteiger partial charge >= 0.3 is 5.97 Å². The predicted molar refractivity (Wildman–Crippen MR) is 44.2 cm³/mol. The smallest absolute Gasteiger partial charge is 0.332 e. The molecule has 1 aliphatic rings. The summed E-state index contributed by atoms with van der Waals surface area (Å²) in [5, 5.41) is 8.45. The number of carbonyl (C=O) groups excluding carboxylic acids is 1. The van der Waals surface area contributed by atoms with Crippen molar-refractivity contribution in [1.82, 2.24) is 4.90 Å². The van der Waals surface area contributed by atoms with Gasteiger partial charge in [-0.2, -0.15) is 0 Å². The van der Waals surface area contributed by atoms with E-state index in [0.29, 0.717) is 0 Å². The molecule has 5 nitrogen and oxygen atoms in total. The Morgan fingerprint density at radius 2 is 2.15 bits per heavy atom. The molecule has 13 heavy (non-hydrogen) atoms. The third-order valence-electron chi connectivity index (χ3n) is 2.01. The van der Waals surface area contributed by atoms with Gasteiger partial charge in [0.1, 0.15) is 6.61 Å². The number of hydrogen-bond donors (Lipinski definition) is 1. The van der Waals surface area contributed by atoms with Gasteiger partial charge in [-0.1, -0.05) is 0 Å². The molecule has 0 aromatic heterocycles. The first-order chi connectivity index (χ1) is 6.11. The van der Waals surface area contributed by atoms with E-state index in [1.807, 2.05) is 0 Å². The molecule has 0 aromatic rings. The van der Waals surface area contributed by atoms with Crippen LogP contribution in [0.4, 0.5) is 0 Å². The molecule has 0 radical (unpaired) electrons. The quantitative estimate of drug-likeness (QED) is 0.656. The largest absolute Gasteiger partial charge is 0.479 e. The summed E-state index contributed by atoms with van der Waals surface area (Å²) in [6.07, 6.45) is 0.116. The van der Waals surface area contributed by atoms with Gasteiger partial charge in [0.05, 0.1) is 0 Å². The lowest BCUT2D eigenvalue weighted by Crippen LogP contribution is -2.44. The molecule has 1 fully saturated rings. The van der Waals surface area contributed by atoms with Gasteiger partial charge in [0.25, 0.3) is 0 Å². The molecule has 1 saturated heterocycles. The number of nitrogens with zero attached hydrogens (tertiary/aromatic N) is 1. The predicted octanol–water partition coefficient (Wildman–Crippen LogP) is -0.292. The van der Waals surface area contributed by atoms with E-state index in [1.54, 1.807) is 4.90 Å². The van der Waals surface area contributed by atoms with Crippen LogP contribution >= 0.6 is 0 Å². The third-order valence-corrected chi connectivity index (χ3v) is 2.01. The van der Waals surface area contributed by atoms with Crippen molar-refractivity contribution in [2.24, 2.45) is 0 Å². The minimum Gasteiger partial charge on any atom is -0.479 e. The number of likely N-dealkylation sites (tertiary alicyclic amines) is 1. The zero-order valence-electron chi connectivity index (χ0n) is 7.52. The van der Waals surface area contributed by atoms with Gasteiger partial charge in [-0.15, -0.1) is 0 Å². The van der Waals surface area contributed by atoms with E-state index in [9.17, 15) is 9.59 Å². The number of carboxylic acids is 1. The van der Waals surface area contributed by atoms with Crippen molar-refractivity contribution in [3.05, 3.63) is 0 Å². The standard InChI is InChI=1S/C8H13NO4/c1-6(8(11)12)13-5-7(10)9-3-2-4-9/h6H,2-5H2,1H3,(H,11,12). The highest BCUT2D eigenvalue weighted by atomic mass is 16.5. The van der Waals surface area contributed by atoms with E-state index in [0.717, 1.165) is 19.5 Å². The minimum absolute atomic E-state index is 0.126. The Hall–Kier alpha value is -1.10. The van der Waals surface area contributed by atoms with Gasteiger partial charge in [0.2, 0.25) is 5.91 Å². The monoisotopic (exact) mass is 187 g/mol. The summed E-state index contributed by atoms with van der Waals surface area (Å²) in [4.78, 5) is 23.1. The van der Waals surface area contributed by atoms with Crippen LogP contribution in [-0.4, -0.2) is 47.7 Å². The fourth-order valence-corrected chi connectivity index (χ4v) is 0.924. The van der Waals surface area contributed by atoms with E-state index < -0.39 is 12.1 Å². The fourth-order valence-electron chi connectivity index (χ4n) is 0.924. The number of hydrogen-bond acceptors (Lipinski definition) is 3. The van der Waals surface area contributed by atoms with Crippen molar-refractivity contribution in [1.29, 1.82) is 0 Å². The van der Waals surface area contributed by atoms with Gasteiger partial charge < -0.3 is 14.7 Å². The summed E-state index contributed by atoms with van der Waals surface area (Å²) in [7, 11) is 0. The Morgan fingerprint density at radius 3 is 2.54 bits per heavy atom. The summed E-state index contributed by atoms with van der Waals surface area (Å²) in [6, 6.07) is 0. The summed E-state index contributed by atoms with van der Waals surface area (Å²) in [5.41, 5.74) is 0. The number of rotatable bonds is 4. The molecule has 1 amide bonds. The Morgan fingerprint density at radius 1 is 1.54 bits per heavy atom. The number of ether oxygens (including phenoxy) is 1. The first-order valence-corrected chi connectivity index (χ1v) is 4.23. The van der Waals surface area contributed by atoms with Crippen molar-refractivity contribution < 1.29 is 19.4 Å². The molecule has 0 aromatic carbocycles. The SMILES string of the molecule is CC(OCC(=O)N1CCC1)C(=O)O. The fraction of sp³-hybridized carbons (Fsp3) is 0.750. The van der Waals surface area contributed by atoms with E-state index in [2.05, 4.69) is 0 Å². The average molecular weight is 187 g/mol. The van der Waals surface area contributed by atoms with E-state index in [-0.39, 0.29) is 12.5 Å². The number of amides is 1. The van der Waals surface area contributed by atoms with Crippen molar-refractivity contribution >= 4 is 11.9 Å². The average Bonchev–Trinajstić information content (AvgIpc) is 1.96. The van der Waals surface area contributed by atoms with E-state index >= 15 is 0 Å². The Kier molecular flexibility index (Phi) is 3.25. The number of carbonyl (C=O) groups is 2. The highest BCUT2D eigenvalue weighted by Gasteiger charge is 2.21. The molecular formula is C8H13NO4. The summed E-state index contributed by atoms with van der Waals surface area (Å²) in [5.74, 6) is -1.17. The van der Waals surface area contributed by atoms with Gasteiger partial charge in [-0.05, 0) is 13.3 Å². The van der Waals surface area contributed by atoms with Gasteiger partial charge in [-0.3, -0.25) is 4.79 Å². The van der Waals surface area contributed by atoms with Crippen molar-refractivity contribution in [3.8, 4) is 0 Å². The van der Waals surface area contributed by atoms with Crippen molar-refractivity contribution in [2.75, 3.05) is 19.7 Å². The normalized spacial score (nSPS) is 17.8. The first kappa shape index (κ1) is 9.98. The molecule has 1 aliphatic heterocycles. The number of aliphatic carboxylic acids is 1. The lowest BCUT2D eigenvalue weighted by Gasteiger charge is -2.30. The Balaban J connectivity index is 2.17. The molecule has 1 atom stereocenters. The Labute approximate surface area is 76.3 Å². The molecule has 0 saturated carbocycles. The highest BCUT2D eigenvalue weighted by Crippen LogP contribution is 2.06. The maximum absolute atomic E-state index is 11.2. The van der Waals surface area contributed by atoms with Crippen LogP contribution < -0.4 is 0 Å². The molecule has 5 heteroatoms. The number of carboxylic acid groups (broad SMARTS) is 1. The van der Waals surface area contributed by atoms with Crippen LogP contribution in [-0.2, 0) is 14.3 Å². The second-order valence-corrected chi connectivity index (χ2v) is 3.03. The molecule has 0 bridgehead atoms. The van der Waals surface area contributed by atoms with Crippen molar-refractivity contribution in [2.45, 2.75) is 19.4 Å². The van der Waals surface area contributed by atoms with Crippen LogP contribution in [0.2, 0.25) is 0 Å². The molecular weight excluding hydrogens is 174 g/mol. The van der Waals surface area contributed by atoms with Crippen LogP contribution in [0, 0.1) is 0 Å². The molecule has 1 unspecified atom stereocenters. The molecule has 0 aliphatic carbocycles. The molecule has 1 N–H and O–H groups in total. The maximum atomic E-state index is 11.2. The zero-order chi connectivity index (χ0) is 9.84. The van der Waals surface area contributed by atoms with Gasteiger partial charge in [-0.25, -0.2) is 4.79 Å². The van der Waals surface area contributed by atoms with Crippen LogP contribution in [0.15, 0.2) is 0 Å². The van der Waals surface area contributed by atoms with Crippen LogP contribution in [0.5, 0.6) is 0 Å². The van der Waals surface area contributed by atoms with Crippen LogP contribution in [0.25, 0.3) is 0 Å². The van der Waals surface area contributed by atoms with E-state index in [1.165, 1.54) is 6.92 Å². The summed E-state index contributed by atoms with van der Waals surface area (Å²) in [6.45, 7) is 2.81. The Bertz CT molecular complexity index is 212. The molecule has 1 rings (SSSR count). The van der Waals surface area contributed by atoms with Crippen LogP contribution in [0.3, 0.4) is 0 Å². The van der Waals surface area contributed by atoms with Crippen LogP contribution in [0.1, 0.15) is 13.3 Å². The van der Waals surface area contributed by atoms with Crippen molar-refractivity contribution in [3.63, 3.8) is 0 Å². The molecule has 0 spiro atoms. The lowest BCUT2D eigenvalue weighted by atomic mass is 10.2. The lowest BCUT2D eigenvalue weighted by molar-refractivity contribution is -0.153. The van der Waals surface area contributed by atoms with Gasteiger partial charge in [0, 0.05) is 13.1 Å². The summed E-state index contributed by atoms with van der Waals surface area (Å²) < 4.78 is 4.83. The maximum Gasteiger partial charge on any atom is 0.332 e. The topological polar surface area (TPSA) is 66.8 Å². The van der Waals surface area contributed by atoms with Gasteiger partial charge in [0.15, 0.2) is 6.10 Å². The minimum atomic E-state index is -1.04. The van der Waals surface area contributed by atoms with E-state index in [4.69, 9.17) is 9.84 Å². The third kappa shape index (κ3) is 2.69. The summed E-state index contributed by atoms with van der Waals surface area (Å²) >= 11 is 0. The molecule has 74 valence electrons.